The van der Waals surface area contributed by atoms with E-state index in [4.69, 9.17) is 16.9 Å². The number of hydrogen-bond donors (Lipinski definition) is 2. The molecule has 0 aromatic heterocycles. The molecule has 0 bridgehead atoms. The minimum Gasteiger partial charge on any atom is -0.392 e. The molecule has 0 aliphatic rings. The van der Waals surface area contributed by atoms with E-state index < -0.39 is 6.10 Å². The van der Waals surface area contributed by atoms with Crippen LogP contribution in [0.2, 0.25) is 0 Å². The summed E-state index contributed by atoms with van der Waals surface area (Å²) in [6.07, 6.45) is -0.332. The van der Waals surface area contributed by atoms with E-state index in [1.54, 1.807) is 0 Å². The lowest BCUT2D eigenvalue weighted by molar-refractivity contribution is 0.125. The molecule has 0 amide bonds. The van der Waals surface area contributed by atoms with Crippen LogP contribution in [0.3, 0.4) is 0 Å². The van der Waals surface area contributed by atoms with Gasteiger partial charge in [0.15, 0.2) is 0 Å². The van der Waals surface area contributed by atoms with Crippen LogP contribution in [-0.4, -0.2) is 22.3 Å². The van der Waals surface area contributed by atoms with Gasteiger partial charge in [0.2, 0.25) is 0 Å². The Bertz CT molecular complexity index is 148. The fourth-order valence-corrected chi connectivity index (χ4v) is 1.24. The first-order valence-electron chi connectivity index (χ1n) is 3.42. The molecule has 2 unspecified atom stereocenters. The molecule has 64 valence electrons. The molecule has 0 aliphatic carbocycles. The third kappa shape index (κ3) is 3.85. The number of nitriles is 1. The highest BCUT2D eigenvalue weighted by Gasteiger charge is 2.20. The number of aliphatic hydroxyl groups excluding tert-OH is 1. The lowest BCUT2D eigenvalue weighted by Crippen LogP contribution is -2.28. The molecule has 0 saturated carbocycles. The van der Waals surface area contributed by atoms with Crippen molar-refractivity contribution in [1.82, 2.24) is 0 Å². The van der Waals surface area contributed by atoms with Crippen molar-refractivity contribution in [1.29, 1.82) is 5.26 Å². The van der Waals surface area contributed by atoms with Crippen molar-refractivity contribution in [3.63, 3.8) is 0 Å². The second-order valence-electron chi connectivity index (χ2n) is 2.55. The summed E-state index contributed by atoms with van der Waals surface area (Å²) in [5, 5.41) is 17.4. The van der Waals surface area contributed by atoms with Gasteiger partial charge in [-0.05, 0) is 5.92 Å². The molecular formula is C7H12ClNOS. The molecule has 0 aliphatic heterocycles. The lowest BCUT2D eigenvalue weighted by atomic mass is 10.0. The topological polar surface area (TPSA) is 44.0 Å². The smallest absolute Gasteiger partial charge is 0.0703 e. The molecule has 0 heterocycles. The minimum absolute atomic E-state index is 0.00693. The number of halogens is 1. The summed E-state index contributed by atoms with van der Waals surface area (Å²) in [5.74, 6) is 0.386. The van der Waals surface area contributed by atoms with E-state index in [0.29, 0.717) is 5.88 Å². The van der Waals surface area contributed by atoms with Crippen molar-refractivity contribution in [3.8, 4) is 6.07 Å². The van der Waals surface area contributed by atoms with E-state index in [9.17, 15) is 5.11 Å². The van der Waals surface area contributed by atoms with E-state index in [1.807, 2.05) is 13.0 Å². The highest BCUT2D eigenvalue weighted by Crippen LogP contribution is 2.15. The molecule has 11 heavy (non-hydrogen) atoms. The van der Waals surface area contributed by atoms with Gasteiger partial charge in [0, 0.05) is 17.6 Å². The average Bonchev–Trinajstić information content (AvgIpc) is 2.02. The Labute approximate surface area is 77.6 Å². The van der Waals surface area contributed by atoms with E-state index in [2.05, 4.69) is 12.6 Å². The van der Waals surface area contributed by atoms with Crippen molar-refractivity contribution >= 4 is 24.2 Å². The van der Waals surface area contributed by atoms with Crippen LogP contribution in [0.1, 0.15) is 13.3 Å². The summed E-state index contributed by atoms with van der Waals surface area (Å²) >= 11 is 9.58. The van der Waals surface area contributed by atoms with Gasteiger partial charge >= 0.3 is 0 Å². The van der Waals surface area contributed by atoms with Crippen molar-refractivity contribution in [2.75, 3.05) is 5.88 Å². The standard InChI is InChI=1S/C7H12ClNOS/c1-5(4-8)7(10)6(11)2-3-9/h5-7,10-11H,2,4H2,1H3/t5?,6?,7-/m1/s1. The summed E-state index contributed by atoms with van der Waals surface area (Å²) in [4.78, 5) is 0. The summed E-state index contributed by atoms with van der Waals surface area (Å²) in [6.45, 7) is 1.83. The van der Waals surface area contributed by atoms with Crippen LogP contribution in [-0.2, 0) is 0 Å². The van der Waals surface area contributed by atoms with E-state index in [1.165, 1.54) is 0 Å². The zero-order valence-electron chi connectivity index (χ0n) is 6.37. The molecule has 3 atom stereocenters. The maximum Gasteiger partial charge on any atom is 0.0703 e. The first-order valence-corrected chi connectivity index (χ1v) is 4.47. The SMILES string of the molecule is CC(CCl)[C@@H](O)C(S)CC#N. The summed E-state index contributed by atoms with van der Waals surface area (Å²) in [7, 11) is 0. The van der Waals surface area contributed by atoms with Gasteiger partial charge in [-0.1, -0.05) is 6.92 Å². The second kappa shape index (κ2) is 5.70. The fraction of sp³-hybridized carbons (Fsp3) is 0.857. The quantitative estimate of drug-likeness (QED) is 0.524. The number of alkyl halides is 1. The Morgan fingerprint density at radius 3 is 2.64 bits per heavy atom. The van der Waals surface area contributed by atoms with Crippen LogP contribution in [0.15, 0.2) is 0 Å². The number of aliphatic hydroxyl groups is 1. The molecule has 0 rings (SSSR count). The van der Waals surface area contributed by atoms with E-state index >= 15 is 0 Å². The van der Waals surface area contributed by atoms with Gasteiger partial charge < -0.3 is 5.11 Å². The predicted octanol–water partition coefficient (Wildman–Crippen LogP) is 1.43. The van der Waals surface area contributed by atoms with Gasteiger partial charge in [-0.15, -0.1) is 11.6 Å². The average molecular weight is 194 g/mol. The monoisotopic (exact) mass is 193 g/mol. The highest BCUT2D eigenvalue weighted by atomic mass is 35.5. The fourth-order valence-electron chi connectivity index (χ4n) is 0.685. The molecule has 2 nitrogen and oxygen atoms in total. The Morgan fingerprint density at radius 1 is 1.73 bits per heavy atom. The Morgan fingerprint density at radius 2 is 2.27 bits per heavy atom. The molecule has 0 radical (unpaired) electrons. The van der Waals surface area contributed by atoms with Crippen molar-refractivity contribution < 1.29 is 5.11 Å². The molecule has 0 saturated heterocycles. The van der Waals surface area contributed by atoms with Crippen LogP contribution in [0.25, 0.3) is 0 Å². The van der Waals surface area contributed by atoms with Gasteiger partial charge in [0.05, 0.1) is 12.2 Å². The third-order valence-electron chi connectivity index (χ3n) is 1.52. The number of nitrogens with zero attached hydrogens (tertiary/aromatic N) is 1. The van der Waals surface area contributed by atoms with Gasteiger partial charge in [-0.2, -0.15) is 17.9 Å². The largest absolute Gasteiger partial charge is 0.392 e. The molecule has 0 aromatic carbocycles. The molecule has 4 heteroatoms. The Kier molecular flexibility index (Phi) is 5.75. The van der Waals surface area contributed by atoms with Gasteiger partial charge in [0.1, 0.15) is 0 Å². The first-order chi connectivity index (χ1) is 5.13. The van der Waals surface area contributed by atoms with Crippen LogP contribution in [0.4, 0.5) is 0 Å². The maximum absolute atomic E-state index is 9.41. The zero-order valence-corrected chi connectivity index (χ0v) is 8.02. The van der Waals surface area contributed by atoms with Crippen molar-refractivity contribution in [3.05, 3.63) is 0 Å². The molecule has 0 aromatic rings. The van der Waals surface area contributed by atoms with Crippen molar-refractivity contribution in [2.45, 2.75) is 24.7 Å². The van der Waals surface area contributed by atoms with Crippen LogP contribution >= 0.6 is 24.2 Å². The third-order valence-corrected chi connectivity index (χ3v) is 2.50. The molecule has 1 N–H and O–H groups in total. The zero-order chi connectivity index (χ0) is 8.85. The highest BCUT2D eigenvalue weighted by molar-refractivity contribution is 7.81. The molecular weight excluding hydrogens is 182 g/mol. The number of thiol groups is 1. The van der Waals surface area contributed by atoms with Crippen LogP contribution < -0.4 is 0 Å². The van der Waals surface area contributed by atoms with Crippen LogP contribution in [0, 0.1) is 17.2 Å². The lowest BCUT2D eigenvalue weighted by Gasteiger charge is -2.20. The second-order valence-corrected chi connectivity index (χ2v) is 3.52. The molecule has 0 spiro atoms. The van der Waals surface area contributed by atoms with Crippen molar-refractivity contribution in [2.24, 2.45) is 5.92 Å². The number of hydrogen-bond acceptors (Lipinski definition) is 3. The first kappa shape index (κ1) is 11.1. The number of rotatable bonds is 4. The summed E-state index contributed by atoms with van der Waals surface area (Å²) in [5.41, 5.74) is 0. The van der Waals surface area contributed by atoms with Gasteiger partial charge in [-0.3, -0.25) is 0 Å². The normalized spacial score (nSPS) is 18.5. The maximum atomic E-state index is 9.41. The minimum atomic E-state index is -0.588. The van der Waals surface area contributed by atoms with Crippen LogP contribution in [0.5, 0.6) is 0 Å². The predicted molar refractivity (Wildman–Crippen MR) is 48.9 cm³/mol. The Hall–Kier alpha value is 0.0900. The van der Waals surface area contributed by atoms with E-state index in [0.717, 1.165) is 0 Å². The van der Waals surface area contributed by atoms with E-state index in [-0.39, 0.29) is 17.6 Å². The summed E-state index contributed by atoms with van der Waals surface area (Å²) < 4.78 is 0. The van der Waals surface area contributed by atoms with Gasteiger partial charge in [-0.25, -0.2) is 0 Å². The Balaban J connectivity index is 3.82. The van der Waals surface area contributed by atoms with Gasteiger partial charge in [0.25, 0.3) is 0 Å². The molecule has 0 fully saturated rings. The summed E-state index contributed by atoms with van der Waals surface area (Å²) in [6, 6.07) is 1.95.